The lowest BCUT2D eigenvalue weighted by molar-refractivity contribution is -0.862. The number of benzene rings is 1. The maximum atomic E-state index is 13.0. The van der Waals surface area contributed by atoms with Crippen LogP contribution in [0.25, 0.3) is 0 Å². The lowest BCUT2D eigenvalue weighted by atomic mass is 9.73. The molecule has 1 aliphatic carbocycles. The molecule has 2 rings (SSSR count). The first-order chi connectivity index (χ1) is 16.8. The van der Waals surface area contributed by atoms with E-state index < -0.39 is 0 Å². The summed E-state index contributed by atoms with van der Waals surface area (Å²) in [5.41, 5.74) is 4.13. The van der Waals surface area contributed by atoms with E-state index in [1.807, 2.05) is 54.3 Å². The molecule has 200 valence electrons. The van der Waals surface area contributed by atoms with Gasteiger partial charge in [-0.1, -0.05) is 43.6 Å². The zero-order valence-corrected chi connectivity index (χ0v) is 23.8. The van der Waals surface area contributed by atoms with Crippen molar-refractivity contribution in [1.82, 2.24) is 4.90 Å². The van der Waals surface area contributed by atoms with Crippen molar-refractivity contribution in [2.45, 2.75) is 65.2 Å². The second-order valence-electron chi connectivity index (χ2n) is 11.6. The number of aryl methyl sites for hydroxylation is 1. The normalized spacial score (nSPS) is 18.1. The second kappa shape index (κ2) is 13.2. The molecule has 0 aromatic heterocycles. The predicted octanol–water partition coefficient (Wildman–Crippen LogP) is 5.51. The number of ether oxygens (including phenoxy) is 2. The maximum Gasteiger partial charge on any atom is 0.367 e. The highest BCUT2D eigenvalue weighted by molar-refractivity contribution is 5.77. The summed E-state index contributed by atoms with van der Waals surface area (Å²) in [7, 11) is 9.56. The van der Waals surface area contributed by atoms with Gasteiger partial charge in [-0.2, -0.15) is 0 Å². The monoisotopic (exact) mass is 499 g/mol. The Kier molecular flexibility index (Phi) is 10.9. The lowest BCUT2D eigenvalue weighted by Gasteiger charge is -2.33. The average molecular weight is 500 g/mol. The van der Waals surface area contributed by atoms with Gasteiger partial charge in [-0.25, -0.2) is 4.79 Å². The molecule has 1 aliphatic rings. The molecule has 6 heteroatoms. The molecule has 0 bridgehead atoms. The third kappa shape index (κ3) is 9.21. The minimum Gasteiger partial charge on any atom is -0.425 e. The number of carbonyl (C=O) groups excluding carboxylic acids is 2. The number of rotatable bonds is 12. The van der Waals surface area contributed by atoms with E-state index in [4.69, 9.17) is 9.47 Å². The number of unbranched alkanes of at least 4 members (excludes halogenated alkanes) is 2. The van der Waals surface area contributed by atoms with Crippen LogP contribution in [0.4, 0.5) is 0 Å². The van der Waals surface area contributed by atoms with E-state index in [1.165, 1.54) is 5.57 Å². The van der Waals surface area contributed by atoms with Crippen LogP contribution in [0.5, 0.6) is 11.5 Å². The number of likely N-dealkylation sites (N-methyl/N-ethyl adjacent to an activating group) is 2. The molecule has 2 atom stereocenters. The molecule has 6 nitrogen and oxygen atoms in total. The number of esters is 2. The van der Waals surface area contributed by atoms with E-state index in [0.29, 0.717) is 16.0 Å². The zero-order valence-electron chi connectivity index (χ0n) is 23.8. The number of nitrogens with zero attached hydrogens (tertiary/aromatic N) is 2. The molecule has 1 aromatic carbocycles. The van der Waals surface area contributed by atoms with Gasteiger partial charge in [0.15, 0.2) is 6.54 Å². The zero-order chi connectivity index (χ0) is 27.0. The molecule has 0 heterocycles. The highest BCUT2D eigenvalue weighted by atomic mass is 16.5. The molecule has 0 aliphatic heterocycles. The third-order valence-corrected chi connectivity index (χ3v) is 6.44. The Balaban J connectivity index is 2.68. The van der Waals surface area contributed by atoms with Gasteiger partial charge in [0.2, 0.25) is 0 Å². The fourth-order valence-corrected chi connectivity index (χ4v) is 4.74. The van der Waals surface area contributed by atoms with E-state index in [9.17, 15) is 9.59 Å². The van der Waals surface area contributed by atoms with Crippen molar-refractivity contribution in [2.75, 3.05) is 48.3 Å². The van der Waals surface area contributed by atoms with Crippen LogP contribution in [0.2, 0.25) is 0 Å². The Hall–Kier alpha value is -2.44. The van der Waals surface area contributed by atoms with Crippen molar-refractivity contribution in [2.24, 2.45) is 5.92 Å². The Morgan fingerprint density at radius 2 is 1.69 bits per heavy atom. The first-order valence-corrected chi connectivity index (χ1v) is 13.2. The number of carbonyl (C=O) groups is 2. The Bertz CT molecular complexity index is 972. The molecule has 0 amide bonds. The van der Waals surface area contributed by atoms with Gasteiger partial charge in [-0.05, 0) is 77.2 Å². The number of hydrogen-bond acceptors (Lipinski definition) is 5. The summed E-state index contributed by atoms with van der Waals surface area (Å²) in [6.07, 6.45) is 8.25. The van der Waals surface area contributed by atoms with Gasteiger partial charge in [-0.3, -0.25) is 9.69 Å². The smallest absolute Gasteiger partial charge is 0.367 e. The quantitative estimate of drug-likeness (QED) is 0.125. The van der Waals surface area contributed by atoms with Crippen molar-refractivity contribution in [3.63, 3.8) is 0 Å². The van der Waals surface area contributed by atoms with Crippen molar-refractivity contribution in [3.8, 4) is 11.5 Å². The fraction of sp³-hybridized carbons (Fsp3) is 0.600. The summed E-state index contributed by atoms with van der Waals surface area (Å²) >= 11 is 0. The summed E-state index contributed by atoms with van der Waals surface area (Å²) in [5.74, 6) is 0.433. The topological polar surface area (TPSA) is 55.8 Å². The van der Waals surface area contributed by atoms with Crippen LogP contribution in [0.3, 0.4) is 0 Å². The van der Waals surface area contributed by atoms with Crippen molar-refractivity contribution < 1.29 is 23.5 Å². The van der Waals surface area contributed by atoms with Gasteiger partial charge in [0.1, 0.15) is 11.5 Å². The van der Waals surface area contributed by atoms with E-state index in [1.54, 1.807) is 4.90 Å². The van der Waals surface area contributed by atoms with Crippen molar-refractivity contribution in [1.29, 1.82) is 0 Å². The summed E-state index contributed by atoms with van der Waals surface area (Å²) in [5, 5.41) is 0. The van der Waals surface area contributed by atoms with E-state index >= 15 is 0 Å². The lowest BCUT2D eigenvalue weighted by Crippen LogP contribution is -2.41. The molecule has 1 aromatic rings. The largest absolute Gasteiger partial charge is 0.425 e. The van der Waals surface area contributed by atoms with Crippen LogP contribution in [0.15, 0.2) is 35.9 Å². The van der Waals surface area contributed by atoms with Crippen LogP contribution in [-0.4, -0.2) is 69.6 Å². The molecule has 0 saturated carbocycles. The van der Waals surface area contributed by atoms with Crippen LogP contribution in [0.1, 0.15) is 69.9 Å². The second-order valence-corrected chi connectivity index (χ2v) is 11.6. The van der Waals surface area contributed by atoms with Gasteiger partial charge < -0.3 is 14.0 Å². The molecule has 0 saturated heterocycles. The van der Waals surface area contributed by atoms with Crippen LogP contribution < -0.4 is 9.47 Å². The fourth-order valence-electron chi connectivity index (χ4n) is 4.74. The molecule has 0 radical (unpaired) electrons. The van der Waals surface area contributed by atoms with Crippen molar-refractivity contribution >= 4 is 11.9 Å². The molecule has 0 N–H and O–H groups in total. The number of quaternary nitrogens is 1. The minimum atomic E-state index is -0.334. The van der Waals surface area contributed by atoms with Crippen LogP contribution >= 0.6 is 0 Å². The summed E-state index contributed by atoms with van der Waals surface area (Å²) in [6, 6.07) is 3.96. The standard InChI is InChI=1S/C30H47N2O4/c1-10-11-12-13-23-17-26(35-28(33)19-31(5)6)30(25-16-22(4)14-15-24(25)21(2)3)27(18-23)36-29(34)20-32(7,8)9/h16-18,24-25H,2,10-15,19-20H2,1,3-9H3/q+1/t24-,25+/m0/s1. The number of allylic oxidation sites excluding steroid dienone is 3. The average Bonchev–Trinajstić information content (AvgIpc) is 2.71. The molecule has 0 spiro atoms. The molecule has 0 fully saturated rings. The highest BCUT2D eigenvalue weighted by Gasteiger charge is 2.33. The first-order valence-electron chi connectivity index (χ1n) is 13.2. The summed E-state index contributed by atoms with van der Waals surface area (Å²) in [6.45, 7) is 11.0. The SMILES string of the molecule is C=C(C)[C@@H]1CCC(C)=C[C@H]1c1c(OC(=O)CN(C)C)cc(CCCCC)cc1OC(=O)C[N+](C)(C)C. The molecular formula is C30H47N2O4+. The molecule has 0 unspecified atom stereocenters. The number of hydrogen-bond donors (Lipinski definition) is 0. The van der Waals surface area contributed by atoms with Gasteiger partial charge in [0, 0.05) is 11.5 Å². The Morgan fingerprint density at radius 1 is 1.08 bits per heavy atom. The molecule has 36 heavy (non-hydrogen) atoms. The van der Waals surface area contributed by atoms with Gasteiger partial charge >= 0.3 is 11.9 Å². The minimum absolute atomic E-state index is 0.0879. The van der Waals surface area contributed by atoms with Gasteiger partial charge in [0.05, 0.1) is 27.7 Å². The van der Waals surface area contributed by atoms with Gasteiger partial charge in [-0.15, -0.1) is 0 Å². The Labute approximate surface area is 218 Å². The van der Waals surface area contributed by atoms with Crippen LogP contribution in [0, 0.1) is 5.92 Å². The van der Waals surface area contributed by atoms with Crippen LogP contribution in [-0.2, 0) is 16.0 Å². The Morgan fingerprint density at radius 3 is 2.22 bits per heavy atom. The van der Waals surface area contributed by atoms with E-state index in [-0.39, 0.29) is 36.9 Å². The highest BCUT2D eigenvalue weighted by Crippen LogP contribution is 2.47. The summed E-state index contributed by atoms with van der Waals surface area (Å²) < 4.78 is 12.5. The van der Waals surface area contributed by atoms with Gasteiger partial charge in [0.25, 0.3) is 0 Å². The summed E-state index contributed by atoms with van der Waals surface area (Å²) in [4.78, 5) is 27.6. The van der Waals surface area contributed by atoms with E-state index in [0.717, 1.165) is 55.2 Å². The third-order valence-electron chi connectivity index (χ3n) is 6.44. The van der Waals surface area contributed by atoms with Crippen molar-refractivity contribution in [3.05, 3.63) is 47.1 Å². The molecular weight excluding hydrogens is 452 g/mol. The van der Waals surface area contributed by atoms with E-state index in [2.05, 4.69) is 26.5 Å². The predicted molar refractivity (Wildman–Crippen MR) is 146 cm³/mol. The first kappa shape index (κ1) is 29.8. The maximum absolute atomic E-state index is 13.0.